The van der Waals surface area contributed by atoms with Crippen molar-refractivity contribution in [1.82, 2.24) is 9.80 Å². The molecule has 3 atom stereocenters. The lowest BCUT2D eigenvalue weighted by atomic mass is 9.81. The minimum Gasteiger partial charge on any atom is -0.315 e. The van der Waals surface area contributed by atoms with E-state index in [0.29, 0.717) is 24.8 Å². The average molecular weight is 803 g/mol. The predicted molar refractivity (Wildman–Crippen MR) is 250 cm³/mol. The number of nitrogens with zero attached hydrogens (tertiary/aromatic N) is 2. The summed E-state index contributed by atoms with van der Waals surface area (Å²) in [6, 6.07) is 57.8. The van der Waals surface area contributed by atoms with E-state index in [1.165, 1.54) is 27.8 Å². The summed E-state index contributed by atoms with van der Waals surface area (Å²) in [7, 11) is 0. The molecule has 0 bridgehead atoms. The molecule has 0 aromatic heterocycles. The first-order chi connectivity index (χ1) is 29.5. The third-order valence-corrected chi connectivity index (χ3v) is 11.4. The molecule has 61 heavy (non-hydrogen) atoms. The van der Waals surface area contributed by atoms with Crippen molar-refractivity contribution < 1.29 is 14.4 Å². The van der Waals surface area contributed by atoms with Crippen LogP contribution in [-0.2, 0) is 27.2 Å². The van der Waals surface area contributed by atoms with Gasteiger partial charge in [0.2, 0.25) is 5.91 Å². The van der Waals surface area contributed by atoms with Gasteiger partial charge in [0.25, 0.3) is 5.91 Å². The lowest BCUT2D eigenvalue weighted by molar-refractivity contribution is -0.139. The van der Waals surface area contributed by atoms with Crippen molar-refractivity contribution >= 4 is 29.7 Å². The number of amides is 2. The van der Waals surface area contributed by atoms with Gasteiger partial charge in [0.05, 0.1) is 5.92 Å². The van der Waals surface area contributed by atoms with E-state index in [1.54, 1.807) is 4.90 Å². The lowest BCUT2D eigenvalue weighted by Crippen LogP contribution is -2.34. The van der Waals surface area contributed by atoms with Crippen LogP contribution in [0.25, 0.3) is 34.4 Å². The lowest BCUT2D eigenvalue weighted by Gasteiger charge is -2.21. The molecule has 1 unspecified atom stereocenters. The normalized spacial score (nSPS) is 17.9. The maximum Gasteiger partial charge on any atom is 0.253 e. The van der Waals surface area contributed by atoms with Gasteiger partial charge in [0, 0.05) is 35.5 Å². The quantitative estimate of drug-likeness (QED) is 0.0968. The molecule has 2 aliphatic rings. The maximum atomic E-state index is 13.3. The Kier molecular flexibility index (Phi) is 13.5. The molecule has 2 saturated heterocycles. The molecular formula is C56H54N2O3. The summed E-state index contributed by atoms with van der Waals surface area (Å²) in [5.41, 5.74) is 9.42. The SMILES string of the molecule is C=C1C[C@@H](Cc2ccc(-c3ccccc3)cc2)N(/C=C/c2ccccc2)C1=O.CC(C)(C)C(=O)C1C[C@@H](Cc2ccc(-c3ccccc3)cc2)N(/C=C/c2ccccc2)C1=O. The van der Waals surface area contributed by atoms with Gasteiger partial charge in [-0.3, -0.25) is 14.4 Å². The standard InChI is InChI=1S/C30H31NO2.C26H23NO/c1-30(2,3)28(32)27-21-26(31(29(27)33)19-18-22-10-6-4-7-11-22)20-23-14-16-25(17-15-23)24-12-8-5-9-13-24;1-20-18-25(27(26(20)28)17-16-21-8-4-2-5-9-21)19-22-12-14-24(15-13-22)23-10-6-3-7-11-23/h4-19,26-27H,20-21H2,1-3H3;2-17,25H,1,18-19H2/b19-18+;17-16+/t26-,27?;25-/m10/s1. The Morgan fingerprint density at radius 1 is 0.557 bits per heavy atom. The second-order valence-corrected chi connectivity index (χ2v) is 17.0. The highest BCUT2D eigenvalue weighted by Crippen LogP contribution is 2.34. The zero-order valence-electron chi connectivity index (χ0n) is 35.4. The van der Waals surface area contributed by atoms with Crippen LogP contribution < -0.4 is 0 Å². The summed E-state index contributed by atoms with van der Waals surface area (Å²) in [6.07, 6.45) is 10.5. The first-order valence-corrected chi connectivity index (χ1v) is 21.2. The summed E-state index contributed by atoms with van der Waals surface area (Å²) in [5, 5.41) is 0. The van der Waals surface area contributed by atoms with Crippen LogP contribution in [-0.4, -0.2) is 39.5 Å². The van der Waals surface area contributed by atoms with Gasteiger partial charge in [-0.25, -0.2) is 0 Å². The first-order valence-electron chi connectivity index (χ1n) is 21.2. The monoisotopic (exact) mass is 802 g/mol. The Labute approximate surface area is 361 Å². The molecule has 306 valence electrons. The number of Topliss-reactive ketones (excluding diaryl/α,β-unsaturated/α-hetero) is 1. The Morgan fingerprint density at radius 2 is 0.951 bits per heavy atom. The van der Waals surface area contributed by atoms with Crippen molar-refractivity contribution in [3.8, 4) is 22.3 Å². The zero-order valence-corrected chi connectivity index (χ0v) is 35.4. The summed E-state index contributed by atoms with van der Waals surface area (Å²) in [5.74, 6) is -0.627. The van der Waals surface area contributed by atoms with E-state index in [4.69, 9.17) is 0 Å². The first kappa shape index (κ1) is 42.3. The van der Waals surface area contributed by atoms with Crippen LogP contribution in [0.15, 0.2) is 194 Å². The molecule has 6 aromatic carbocycles. The van der Waals surface area contributed by atoms with Crippen LogP contribution in [0.2, 0.25) is 0 Å². The number of rotatable bonds is 11. The Bertz CT molecular complexity index is 2470. The molecule has 2 fully saturated rings. The number of likely N-dealkylation sites (tertiary alicyclic amines) is 2. The Balaban J connectivity index is 0.000000186. The van der Waals surface area contributed by atoms with E-state index in [1.807, 2.05) is 135 Å². The molecule has 0 spiro atoms. The molecule has 2 amide bonds. The molecule has 2 aliphatic heterocycles. The van der Waals surface area contributed by atoms with E-state index in [0.717, 1.165) is 23.1 Å². The van der Waals surface area contributed by atoms with Gasteiger partial charge in [-0.05, 0) is 82.3 Å². The van der Waals surface area contributed by atoms with Crippen LogP contribution in [0.5, 0.6) is 0 Å². The van der Waals surface area contributed by atoms with E-state index in [9.17, 15) is 14.4 Å². The van der Waals surface area contributed by atoms with Gasteiger partial charge < -0.3 is 9.80 Å². The fourth-order valence-corrected chi connectivity index (χ4v) is 8.08. The van der Waals surface area contributed by atoms with Crippen molar-refractivity contribution in [1.29, 1.82) is 0 Å². The highest BCUT2D eigenvalue weighted by Gasteiger charge is 2.45. The average Bonchev–Trinajstić information content (AvgIpc) is 3.74. The summed E-state index contributed by atoms with van der Waals surface area (Å²) < 4.78 is 0. The third kappa shape index (κ3) is 10.9. The highest BCUT2D eigenvalue weighted by atomic mass is 16.2. The smallest absolute Gasteiger partial charge is 0.253 e. The van der Waals surface area contributed by atoms with Crippen LogP contribution in [0.3, 0.4) is 0 Å². The van der Waals surface area contributed by atoms with Crippen LogP contribution in [0.4, 0.5) is 0 Å². The summed E-state index contributed by atoms with van der Waals surface area (Å²) in [4.78, 5) is 42.5. The van der Waals surface area contributed by atoms with Crippen molar-refractivity contribution in [2.45, 2.75) is 58.5 Å². The molecule has 0 aliphatic carbocycles. The molecule has 0 radical (unpaired) electrons. The van der Waals surface area contributed by atoms with E-state index in [-0.39, 0.29) is 29.7 Å². The number of benzene rings is 6. The van der Waals surface area contributed by atoms with Crippen LogP contribution in [0.1, 0.15) is 55.9 Å². The molecule has 2 heterocycles. The molecule has 8 rings (SSSR count). The van der Waals surface area contributed by atoms with Crippen LogP contribution in [0, 0.1) is 11.3 Å². The topological polar surface area (TPSA) is 57.7 Å². The summed E-state index contributed by atoms with van der Waals surface area (Å²) >= 11 is 0. The van der Waals surface area contributed by atoms with E-state index >= 15 is 0 Å². The molecule has 0 saturated carbocycles. The fourth-order valence-electron chi connectivity index (χ4n) is 8.08. The minimum absolute atomic E-state index is 0.0209. The highest BCUT2D eigenvalue weighted by molar-refractivity contribution is 6.05. The molecule has 5 heteroatoms. The number of carbonyl (C=O) groups is 3. The van der Waals surface area contributed by atoms with Crippen molar-refractivity contribution in [3.63, 3.8) is 0 Å². The molecule has 5 nitrogen and oxygen atoms in total. The second kappa shape index (κ2) is 19.5. The predicted octanol–water partition coefficient (Wildman–Crippen LogP) is 12.1. The Morgan fingerprint density at radius 3 is 1.39 bits per heavy atom. The van der Waals surface area contributed by atoms with Gasteiger partial charge in [0.15, 0.2) is 5.78 Å². The van der Waals surface area contributed by atoms with Crippen molar-refractivity contribution in [3.05, 3.63) is 217 Å². The zero-order chi connectivity index (χ0) is 42.8. The van der Waals surface area contributed by atoms with Gasteiger partial charge in [-0.1, -0.05) is 197 Å². The molecular weight excluding hydrogens is 749 g/mol. The minimum atomic E-state index is -0.584. The van der Waals surface area contributed by atoms with E-state index < -0.39 is 11.3 Å². The maximum absolute atomic E-state index is 13.3. The van der Waals surface area contributed by atoms with Crippen molar-refractivity contribution in [2.24, 2.45) is 11.3 Å². The van der Waals surface area contributed by atoms with Gasteiger partial charge in [0.1, 0.15) is 0 Å². The Hall–Kier alpha value is -6.85. The number of ketones is 1. The van der Waals surface area contributed by atoms with Gasteiger partial charge >= 0.3 is 0 Å². The van der Waals surface area contributed by atoms with Gasteiger partial charge in [-0.15, -0.1) is 0 Å². The van der Waals surface area contributed by atoms with Crippen LogP contribution >= 0.6 is 0 Å². The molecule has 6 aromatic rings. The van der Waals surface area contributed by atoms with Gasteiger partial charge in [-0.2, -0.15) is 0 Å². The number of hydrogen-bond donors (Lipinski definition) is 0. The fraction of sp³-hybridized carbons (Fsp3) is 0.196. The number of carbonyl (C=O) groups excluding carboxylic acids is 3. The second-order valence-electron chi connectivity index (χ2n) is 17.0. The largest absolute Gasteiger partial charge is 0.315 e. The number of hydrogen-bond acceptors (Lipinski definition) is 3. The molecule has 0 N–H and O–H groups in total. The van der Waals surface area contributed by atoms with Crippen molar-refractivity contribution in [2.75, 3.05) is 0 Å². The summed E-state index contributed by atoms with van der Waals surface area (Å²) in [6.45, 7) is 9.63. The van der Waals surface area contributed by atoms with E-state index in [2.05, 4.69) is 91.5 Å². The third-order valence-electron chi connectivity index (χ3n) is 11.4.